The van der Waals surface area contributed by atoms with E-state index in [2.05, 4.69) is 25.5 Å². The number of pyridine rings is 1. The van der Waals surface area contributed by atoms with E-state index in [1.165, 1.54) is 5.52 Å². The van der Waals surface area contributed by atoms with Crippen LogP contribution in [0.2, 0.25) is 0 Å². The van der Waals surface area contributed by atoms with Gasteiger partial charge in [-0.05, 0) is 13.0 Å². The van der Waals surface area contributed by atoms with E-state index >= 15 is 0 Å². The molecule has 0 spiro atoms. The maximum atomic E-state index is 5.35. The van der Waals surface area contributed by atoms with Crippen LogP contribution in [-0.4, -0.2) is 52.3 Å². The highest BCUT2D eigenvalue weighted by molar-refractivity contribution is 5.74. The number of imidazole rings is 1. The molecule has 0 unspecified atom stereocenters. The maximum absolute atomic E-state index is 5.35. The molecule has 0 saturated carbocycles. The van der Waals surface area contributed by atoms with Crippen LogP contribution in [0.15, 0.2) is 18.6 Å². The molecular weight excluding hydrogens is 228 g/mol. The van der Waals surface area contributed by atoms with Crippen LogP contribution in [0.25, 0.3) is 11.0 Å². The molecule has 96 valence electrons. The number of hydrogen-bond donors (Lipinski definition) is 0. The average molecular weight is 246 g/mol. The third kappa shape index (κ3) is 2.37. The predicted octanol–water partition coefficient (Wildman–Crippen LogP) is 1.07. The number of aryl methyl sites for hydroxylation is 1. The minimum absolute atomic E-state index is 0.855. The van der Waals surface area contributed by atoms with Crippen molar-refractivity contribution in [1.82, 2.24) is 19.4 Å². The summed E-state index contributed by atoms with van der Waals surface area (Å²) in [6.45, 7) is 7.82. The number of morpholine rings is 1. The van der Waals surface area contributed by atoms with Crippen molar-refractivity contribution in [2.24, 2.45) is 0 Å². The molecular formula is C13H18N4O. The van der Waals surface area contributed by atoms with Gasteiger partial charge in [0.1, 0.15) is 5.52 Å². The van der Waals surface area contributed by atoms with Gasteiger partial charge in [-0.25, -0.2) is 4.98 Å². The first kappa shape index (κ1) is 11.6. The first-order chi connectivity index (χ1) is 8.83. The lowest BCUT2D eigenvalue weighted by Crippen LogP contribution is -2.38. The smallest absolute Gasteiger partial charge is 0.107 e. The number of hydrogen-bond acceptors (Lipinski definition) is 4. The SMILES string of the molecule is Cc1cc2c(cn1)ncn2CCN1CCOCC1. The molecule has 18 heavy (non-hydrogen) atoms. The van der Waals surface area contributed by atoms with Crippen molar-refractivity contribution in [1.29, 1.82) is 0 Å². The summed E-state index contributed by atoms with van der Waals surface area (Å²) in [6.07, 6.45) is 3.75. The molecule has 5 nitrogen and oxygen atoms in total. The third-order valence-electron chi connectivity index (χ3n) is 3.40. The molecule has 0 aromatic carbocycles. The molecule has 0 atom stereocenters. The summed E-state index contributed by atoms with van der Waals surface area (Å²) >= 11 is 0. The fourth-order valence-electron chi connectivity index (χ4n) is 2.31. The Morgan fingerprint density at radius 2 is 2.06 bits per heavy atom. The third-order valence-corrected chi connectivity index (χ3v) is 3.40. The van der Waals surface area contributed by atoms with Crippen LogP contribution in [0, 0.1) is 6.92 Å². The zero-order valence-electron chi connectivity index (χ0n) is 10.7. The summed E-state index contributed by atoms with van der Waals surface area (Å²) in [5.74, 6) is 0. The van der Waals surface area contributed by atoms with Gasteiger partial charge in [0, 0.05) is 31.9 Å². The highest BCUT2D eigenvalue weighted by Crippen LogP contribution is 2.12. The van der Waals surface area contributed by atoms with Gasteiger partial charge in [-0.3, -0.25) is 9.88 Å². The summed E-state index contributed by atoms with van der Waals surface area (Å²) in [6, 6.07) is 2.10. The minimum Gasteiger partial charge on any atom is -0.379 e. The molecule has 1 aliphatic heterocycles. The van der Waals surface area contributed by atoms with Crippen LogP contribution in [0.5, 0.6) is 0 Å². The highest BCUT2D eigenvalue weighted by atomic mass is 16.5. The lowest BCUT2D eigenvalue weighted by atomic mass is 10.3. The molecule has 1 fully saturated rings. The van der Waals surface area contributed by atoms with E-state index in [0.717, 1.165) is 50.6 Å². The second kappa shape index (κ2) is 5.04. The second-order valence-electron chi connectivity index (χ2n) is 4.71. The molecule has 5 heteroatoms. The van der Waals surface area contributed by atoms with Crippen molar-refractivity contribution in [2.75, 3.05) is 32.8 Å². The van der Waals surface area contributed by atoms with E-state index in [4.69, 9.17) is 4.74 Å². The Kier molecular flexibility index (Phi) is 3.25. The summed E-state index contributed by atoms with van der Waals surface area (Å²) in [5.41, 5.74) is 3.19. The molecule has 1 aliphatic rings. The number of aromatic nitrogens is 3. The van der Waals surface area contributed by atoms with E-state index < -0.39 is 0 Å². The van der Waals surface area contributed by atoms with Crippen molar-refractivity contribution >= 4 is 11.0 Å². The van der Waals surface area contributed by atoms with Crippen LogP contribution in [0.1, 0.15) is 5.69 Å². The Morgan fingerprint density at radius 3 is 2.89 bits per heavy atom. The Hall–Kier alpha value is -1.46. The Morgan fingerprint density at radius 1 is 1.22 bits per heavy atom. The second-order valence-corrected chi connectivity index (χ2v) is 4.71. The topological polar surface area (TPSA) is 43.2 Å². The average Bonchev–Trinajstić information content (AvgIpc) is 2.80. The summed E-state index contributed by atoms with van der Waals surface area (Å²) in [7, 11) is 0. The van der Waals surface area contributed by atoms with Crippen LogP contribution in [0.3, 0.4) is 0 Å². The number of nitrogens with zero attached hydrogens (tertiary/aromatic N) is 4. The monoisotopic (exact) mass is 246 g/mol. The van der Waals surface area contributed by atoms with E-state index in [1.807, 2.05) is 19.4 Å². The van der Waals surface area contributed by atoms with Gasteiger partial charge in [0.2, 0.25) is 0 Å². The van der Waals surface area contributed by atoms with Crippen molar-refractivity contribution < 1.29 is 4.74 Å². The molecule has 3 heterocycles. The zero-order chi connectivity index (χ0) is 12.4. The molecule has 0 radical (unpaired) electrons. The van der Waals surface area contributed by atoms with Crippen LogP contribution >= 0.6 is 0 Å². The van der Waals surface area contributed by atoms with Crippen LogP contribution in [-0.2, 0) is 11.3 Å². The predicted molar refractivity (Wildman–Crippen MR) is 69.5 cm³/mol. The quantitative estimate of drug-likeness (QED) is 0.812. The van der Waals surface area contributed by atoms with Crippen molar-refractivity contribution in [3.8, 4) is 0 Å². The van der Waals surface area contributed by atoms with Gasteiger partial charge >= 0.3 is 0 Å². The molecule has 0 N–H and O–H groups in total. The largest absolute Gasteiger partial charge is 0.379 e. The van der Waals surface area contributed by atoms with Gasteiger partial charge in [-0.15, -0.1) is 0 Å². The maximum Gasteiger partial charge on any atom is 0.107 e. The fourth-order valence-corrected chi connectivity index (χ4v) is 2.31. The van der Waals surface area contributed by atoms with E-state index in [1.54, 1.807) is 0 Å². The normalized spacial score (nSPS) is 17.4. The summed E-state index contributed by atoms with van der Waals surface area (Å²) in [5, 5.41) is 0. The van der Waals surface area contributed by atoms with Crippen molar-refractivity contribution in [3.63, 3.8) is 0 Å². The van der Waals surface area contributed by atoms with Gasteiger partial charge in [-0.2, -0.15) is 0 Å². The molecule has 0 amide bonds. The van der Waals surface area contributed by atoms with Crippen LogP contribution in [0.4, 0.5) is 0 Å². The summed E-state index contributed by atoms with van der Waals surface area (Å²) in [4.78, 5) is 11.1. The molecule has 2 aromatic heterocycles. The van der Waals surface area contributed by atoms with Gasteiger partial charge in [-0.1, -0.05) is 0 Å². The lowest BCUT2D eigenvalue weighted by Gasteiger charge is -2.26. The summed E-state index contributed by atoms with van der Waals surface area (Å²) < 4.78 is 7.56. The highest BCUT2D eigenvalue weighted by Gasteiger charge is 2.10. The first-order valence-electron chi connectivity index (χ1n) is 6.40. The van der Waals surface area contributed by atoms with Gasteiger partial charge in [0.25, 0.3) is 0 Å². The molecule has 0 aliphatic carbocycles. The Balaban J connectivity index is 1.72. The molecule has 3 rings (SSSR count). The lowest BCUT2D eigenvalue weighted by molar-refractivity contribution is 0.0365. The fraction of sp³-hybridized carbons (Fsp3) is 0.538. The van der Waals surface area contributed by atoms with Gasteiger partial charge in [0.15, 0.2) is 0 Å². The number of fused-ring (bicyclic) bond motifs is 1. The van der Waals surface area contributed by atoms with Gasteiger partial charge < -0.3 is 9.30 Å². The number of rotatable bonds is 3. The van der Waals surface area contributed by atoms with E-state index in [0.29, 0.717) is 0 Å². The molecule has 2 aromatic rings. The van der Waals surface area contributed by atoms with E-state index in [-0.39, 0.29) is 0 Å². The Bertz CT molecular complexity index is 531. The standard InChI is InChI=1S/C13H18N4O/c1-11-8-13-12(9-14-11)15-10-17(13)3-2-16-4-6-18-7-5-16/h8-10H,2-7H2,1H3. The Labute approximate surface area is 106 Å². The molecule has 1 saturated heterocycles. The van der Waals surface area contributed by atoms with Crippen molar-refractivity contribution in [2.45, 2.75) is 13.5 Å². The van der Waals surface area contributed by atoms with Gasteiger partial charge in [0.05, 0.1) is 31.3 Å². The zero-order valence-corrected chi connectivity index (χ0v) is 10.7. The van der Waals surface area contributed by atoms with E-state index in [9.17, 15) is 0 Å². The molecule has 0 bridgehead atoms. The minimum atomic E-state index is 0.855. The van der Waals surface area contributed by atoms with Crippen molar-refractivity contribution in [3.05, 3.63) is 24.3 Å². The number of ether oxygens (including phenoxy) is 1. The first-order valence-corrected chi connectivity index (χ1v) is 6.40. The van der Waals surface area contributed by atoms with Crippen LogP contribution < -0.4 is 0 Å².